The van der Waals surface area contributed by atoms with E-state index in [2.05, 4.69) is 41.5 Å². The number of nitrogens with zero attached hydrogens (tertiary/aromatic N) is 5. The van der Waals surface area contributed by atoms with Gasteiger partial charge in [0.2, 0.25) is 0 Å². The Kier molecular flexibility index (Phi) is 8.17. The van der Waals surface area contributed by atoms with Crippen molar-refractivity contribution in [1.29, 1.82) is 0 Å². The molecule has 2 aromatic carbocycles. The Bertz CT molecular complexity index is 1500. The van der Waals surface area contributed by atoms with Crippen molar-refractivity contribution in [1.82, 2.24) is 29.6 Å². The van der Waals surface area contributed by atoms with Crippen molar-refractivity contribution < 1.29 is 4.79 Å². The Balaban J connectivity index is 0.00000152. The molecule has 0 atom stereocenters. The van der Waals surface area contributed by atoms with Crippen LogP contribution in [0.5, 0.6) is 0 Å². The van der Waals surface area contributed by atoms with Crippen molar-refractivity contribution in [2.75, 3.05) is 31.5 Å². The predicted molar refractivity (Wildman–Crippen MR) is 149 cm³/mol. The van der Waals surface area contributed by atoms with Gasteiger partial charge in [-0.2, -0.15) is 0 Å². The molecular formula is C25H25Cl2N7OS. The quantitative estimate of drug-likeness (QED) is 0.340. The number of nitrogens with one attached hydrogen (secondary N) is 2. The molecule has 0 saturated carbocycles. The van der Waals surface area contributed by atoms with Crippen LogP contribution < -0.4 is 10.6 Å². The van der Waals surface area contributed by atoms with E-state index in [-0.39, 0.29) is 36.4 Å². The lowest BCUT2D eigenvalue weighted by Gasteiger charge is -2.26. The number of imidazole rings is 1. The van der Waals surface area contributed by atoms with Crippen LogP contribution in [0.25, 0.3) is 27.3 Å². The lowest BCUT2D eigenvalue weighted by molar-refractivity contribution is 0.102. The average Bonchev–Trinajstić information content (AvgIpc) is 3.46. The normalized spacial score (nSPS) is 13.8. The van der Waals surface area contributed by atoms with Crippen molar-refractivity contribution in [2.24, 2.45) is 0 Å². The van der Waals surface area contributed by atoms with Gasteiger partial charge in [-0.1, -0.05) is 30.3 Å². The molecule has 8 nitrogen and oxygen atoms in total. The number of anilines is 1. The molecule has 0 bridgehead atoms. The van der Waals surface area contributed by atoms with Crippen molar-refractivity contribution >= 4 is 63.7 Å². The van der Waals surface area contributed by atoms with Crippen LogP contribution in [-0.4, -0.2) is 56.3 Å². The summed E-state index contributed by atoms with van der Waals surface area (Å²) in [4.78, 5) is 30.1. The highest BCUT2D eigenvalue weighted by Gasteiger charge is 2.17. The summed E-state index contributed by atoms with van der Waals surface area (Å²) in [7, 11) is 0. The molecule has 1 aliphatic rings. The summed E-state index contributed by atoms with van der Waals surface area (Å²) in [5.41, 5.74) is 5.34. The number of hydrogen-bond acceptors (Lipinski definition) is 7. The molecule has 3 aromatic heterocycles. The van der Waals surface area contributed by atoms with E-state index >= 15 is 0 Å². The largest absolute Gasteiger partial charge is 0.320 e. The summed E-state index contributed by atoms with van der Waals surface area (Å²) < 4.78 is 2.16. The first-order valence-corrected chi connectivity index (χ1v) is 12.1. The molecule has 1 aliphatic heterocycles. The fourth-order valence-corrected chi connectivity index (χ4v) is 5.10. The van der Waals surface area contributed by atoms with Gasteiger partial charge in [0.25, 0.3) is 5.91 Å². The van der Waals surface area contributed by atoms with Gasteiger partial charge in [0.15, 0.2) is 4.96 Å². The highest BCUT2D eigenvalue weighted by Crippen LogP contribution is 2.30. The molecule has 4 heterocycles. The summed E-state index contributed by atoms with van der Waals surface area (Å²) in [6.07, 6.45) is 3.57. The number of thiazole rings is 1. The van der Waals surface area contributed by atoms with Gasteiger partial charge in [-0.15, -0.1) is 36.2 Å². The summed E-state index contributed by atoms with van der Waals surface area (Å²) in [5, 5.41) is 8.58. The molecule has 1 fully saturated rings. The first-order chi connectivity index (χ1) is 16.7. The minimum absolute atomic E-state index is 0. The zero-order valence-electron chi connectivity index (χ0n) is 19.3. The molecule has 186 valence electrons. The van der Waals surface area contributed by atoms with Crippen LogP contribution in [0, 0.1) is 0 Å². The van der Waals surface area contributed by atoms with E-state index in [1.54, 1.807) is 11.3 Å². The van der Waals surface area contributed by atoms with E-state index < -0.39 is 0 Å². The van der Waals surface area contributed by atoms with Crippen molar-refractivity contribution in [2.45, 2.75) is 6.54 Å². The van der Waals surface area contributed by atoms with Gasteiger partial charge in [0.1, 0.15) is 5.69 Å². The number of benzene rings is 2. The van der Waals surface area contributed by atoms with Gasteiger partial charge < -0.3 is 10.6 Å². The summed E-state index contributed by atoms with van der Waals surface area (Å²) in [5.74, 6) is -0.300. The fraction of sp³-hybridized carbons (Fsp3) is 0.200. The van der Waals surface area contributed by atoms with Gasteiger partial charge in [-0.05, 0) is 18.2 Å². The van der Waals surface area contributed by atoms with E-state index in [9.17, 15) is 4.79 Å². The van der Waals surface area contributed by atoms with E-state index in [1.165, 1.54) is 11.9 Å². The molecular weight excluding hydrogens is 517 g/mol. The molecule has 0 aliphatic carbocycles. The Morgan fingerprint density at radius 2 is 1.75 bits per heavy atom. The van der Waals surface area contributed by atoms with Crippen molar-refractivity contribution in [3.8, 4) is 11.3 Å². The Hall–Kier alpha value is -3.08. The van der Waals surface area contributed by atoms with Gasteiger partial charge in [0.05, 0.1) is 28.6 Å². The molecule has 1 saturated heterocycles. The number of piperazine rings is 1. The van der Waals surface area contributed by atoms with Gasteiger partial charge in [-0.3, -0.25) is 19.1 Å². The number of carbonyl (C=O) groups excluding carboxylic acids is 1. The minimum atomic E-state index is -0.300. The maximum Gasteiger partial charge on any atom is 0.275 e. The number of rotatable bonds is 5. The second kappa shape index (κ2) is 11.3. The fourth-order valence-electron chi connectivity index (χ4n) is 4.24. The second-order valence-electron chi connectivity index (χ2n) is 8.28. The number of amides is 1. The van der Waals surface area contributed by atoms with Crippen molar-refractivity contribution in [3.63, 3.8) is 0 Å². The summed E-state index contributed by atoms with van der Waals surface area (Å²) >= 11 is 1.64. The van der Waals surface area contributed by atoms with E-state index in [4.69, 9.17) is 4.98 Å². The topological polar surface area (TPSA) is 87.5 Å². The first-order valence-electron chi connectivity index (χ1n) is 11.3. The number of para-hydroxylation sites is 3. The van der Waals surface area contributed by atoms with E-state index in [1.807, 2.05) is 48.5 Å². The number of hydrogen-bond donors (Lipinski definition) is 2. The van der Waals surface area contributed by atoms with Gasteiger partial charge in [0, 0.05) is 55.6 Å². The zero-order valence-corrected chi connectivity index (χ0v) is 21.7. The van der Waals surface area contributed by atoms with Crippen LogP contribution >= 0.6 is 36.2 Å². The second-order valence-corrected chi connectivity index (χ2v) is 9.11. The maximum absolute atomic E-state index is 13.0. The standard InChI is InChI=1S/C25H23N7OS.2ClH/c33-24(22-13-27-20-7-3-4-8-21(20)28-22)29-19-6-2-1-5-18(19)23-15-32-17(16-34-25(32)30-23)14-31-11-9-26-10-12-31;;/h1-8,13,15-16,26H,9-12,14H2,(H,29,33);2*1H. The Morgan fingerprint density at radius 1 is 1.00 bits per heavy atom. The third-order valence-corrected chi connectivity index (χ3v) is 6.90. The summed E-state index contributed by atoms with van der Waals surface area (Å²) in [6, 6.07) is 15.2. The number of fused-ring (bicyclic) bond motifs is 2. The summed E-state index contributed by atoms with van der Waals surface area (Å²) in [6.45, 7) is 5.04. The lowest BCUT2D eigenvalue weighted by atomic mass is 10.1. The van der Waals surface area contributed by atoms with Crippen LogP contribution in [-0.2, 0) is 6.54 Å². The predicted octanol–water partition coefficient (Wildman–Crippen LogP) is 4.51. The van der Waals surface area contributed by atoms with Crippen LogP contribution in [0.4, 0.5) is 5.69 Å². The zero-order chi connectivity index (χ0) is 22.9. The number of halogens is 2. The van der Waals surface area contributed by atoms with Crippen LogP contribution in [0.1, 0.15) is 16.2 Å². The SMILES string of the molecule is Cl.Cl.O=C(Nc1ccccc1-c1cn2c(CN3CCNCC3)csc2n1)c1cnc2ccccc2n1. The first kappa shape index (κ1) is 26.0. The van der Waals surface area contributed by atoms with Gasteiger partial charge >= 0.3 is 0 Å². The third kappa shape index (κ3) is 5.21. The van der Waals surface area contributed by atoms with Crippen LogP contribution in [0.3, 0.4) is 0 Å². The Labute approximate surface area is 224 Å². The molecule has 0 radical (unpaired) electrons. The smallest absolute Gasteiger partial charge is 0.275 e. The van der Waals surface area contributed by atoms with Crippen LogP contribution in [0.15, 0.2) is 66.3 Å². The minimum Gasteiger partial charge on any atom is -0.320 e. The lowest BCUT2D eigenvalue weighted by Crippen LogP contribution is -2.43. The third-order valence-electron chi connectivity index (χ3n) is 6.01. The van der Waals surface area contributed by atoms with E-state index in [0.29, 0.717) is 11.2 Å². The molecule has 6 rings (SSSR count). The molecule has 5 aromatic rings. The Morgan fingerprint density at radius 3 is 2.58 bits per heavy atom. The van der Waals surface area contributed by atoms with E-state index in [0.717, 1.165) is 54.5 Å². The molecule has 1 amide bonds. The van der Waals surface area contributed by atoms with Crippen LogP contribution in [0.2, 0.25) is 0 Å². The molecule has 11 heteroatoms. The highest BCUT2D eigenvalue weighted by atomic mass is 35.5. The molecule has 0 spiro atoms. The number of carbonyl (C=O) groups is 1. The maximum atomic E-state index is 13.0. The number of aromatic nitrogens is 4. The average molecular weight is 542 g/mol. The molecule has 0 unspecified atom stereocenters. The molecule has 2 N–H and O–H groups in total. The van der Waals surface area contributed by atoms with Gasteiger partial charge in [-0.25, -0.2) is 9.97 Å². The highest BCUT2D eigenvalue weighted by molar-refractivity contribution is 7.15. The monoisotopic (exact) mass is 541 g/mol. The van der Waals surface area contributed by atoms with Crippen molar-refractivity contribution in [3.05, 3.63) is 77.7 Å². The molecule has 36 heavy (non-hydrogen) atoms.